The number of aryl methyl sites for hydroxylation is 1. The molecule has 0 spiro atoms. The molecule has 0 aliphatic carbocycles. The molecule has 1 aliphatic heterocycles. The molecule has 4 heteroatoms. The Morgan fingerprint density at radius 3 is 2.65 bits per heavy atom. The third-order valence-electron chi connectivity index (χ3n) is 3.47. The molecule has 0 amide bonds. The number of nitrogens with zero attached hydrogens (tertiary/aromatic N) is 1. The summed E-state index contributed by atoms with van der Waals surface area (Å²) in [5, 5.41) is 3.38. The van der Waals surface area contributed by atoms with Crippen LogP contribution in [-0.2, 0) is 4.74 Å². The lowest BCUT2D eigenvalue weighted by Crippen LogP contribution is -2.43. The zero-order valence-corrected chi connectivity index (χ0v) is 12.7. The van der Waals surface area contributed by atoms with Gasteiger partial charge in [-0.15, -0.1) is 0 Å². The molecular formula is C16H26N2O2. The van der Waals surface area contributed by atoms with Crippen LogP contribution in [0, 0.1) is 6.92 Å². The normalized spacial score (nSPS) is 15.4. The maximum atomic E-state index is 5.72. The van der Waals surface area contributed by atoms with Crippen molar-refractivity contribution in [2.45, 2.75) is 20.3 Å². The Morgan fingerprint density at radius 2 is 1.95 bits per heavy atom. The van der Waals surface area contributed by atoms with Crippen molar-refractivity contribution in [2.24, 2.45) is 0 Å². The Labute approximate surface area is 122 Å². The van der Waals surface area contributed by atoms with Crippen LogP contribution in [0.4, 0.5) is 5.69 Å². The van der Waals surface area contributed by atoms with E-state index in [2.05, 4.69) is 42.3 Å². The maximum Gasteiger partial charge on any atom is 0.119 e. The van der Waals surface area contributed by atoms with E-state index in [-0.39, 0.29) is 0 Å². The van der Waals surface area contributed by atoms with Gasteiger partial charge in [0.05, 0.1) is 6.61 Å². The highest BCUT2D eigenvalue weighted by molar-refractivity contribution is 5.56. The number of hydrogen-bond acceptors (Lipinski definition) is 4. The fourth-order valence-electron chi connectivity index (χ4n) is 2.44. The van der Waals surface area contributed by atoms with Crippen LogP contribution in [0.3, 0.4) is 0 Å². The number of ether oxygens (including phenoxy) is 2. The molecule has 4 nitrogen and oxygen atoms in total. The van der Waals surface area contributed by atoms with Crippen LogP contribution in [0.2, 0.25) is 0 Å². The summed E-state index contributed by atoms with van der Waals surface area (Å²) in [6.07, 6.45) is 1.05. The van der Waals surface area contributed by atoms with Gasteiger partial charge in [-0.05, 0) is 37.1 Å². The molecule has 20 heavy (non-hydrogen) atoms. The van der Waals surface area contributed by atoms with Gasteiger partial charge in [0.25, 0.3) is 0 Å². The first-order chi connectivity index (χ1) is 9.81. The topological polar surface area (TPSA) is 33.7 Å². The molecule has 1 aromatic carbocycles. The monoisotopic (exact) mass is 278 g/mol. The van der Waals surface area contributed by atoms with Crippen LogP contribution in [0.25, 0.3) is 0 Å². The zero-order chi connectivity index (χ0) is 14.2. The number of hydrogen-bond donors (Lipinski definition) is 1. The minimum atomic E-state index is 0.617. The van der Waals surface area contributed by atoms with Crippen molar-refractivity contribution in [1.29, 1.82) is 0 Å². The standard InChI is InChI=1S/C16H26N2O2/c1-3-10-19-11-12-20-15-4-5-16(14(2)13-15)18-8-6-17-7-9-18/h4-5,13,17H,3,6-12H2,1-2H3. The van der Waals surface area contributed by atoms with Crippen molar-refractivity contribution in [3.63, 3.8) is 0 Å². The molecule has 0 unspecified atom stereocenters. The van der Waals surface area contributed by atoms with E-state index in [0.29, 0.717) is 13.2 Å². The van der Waals surface area contributed by atoms with Gasteiger partial charge in [-0.25, -0.2) is 0 Å². The molecule has 1 aliphatic rings. The highest BCUT2D eigenvalue weighted by atomic mass is 16.5. The summed E-state index contributed by atoms with van der Waals surface area (Å²) in [6.45, 7) is 10.6. The third kappa shape index (κ3) is 4.39. The van der Waals surface area contributed by atoms with Crippen molar-refractivity contribution in [3.05, 3.63) is 23.8 Å². The molecule has 0 saturated carbocycles. The summed E-state index contributed by atoms with van der Waals surface area (Å²) < 4.78 is 11.1. The average Bonchev–Trinajstić information content (AvgIpc) is 2.48. The summed E-state index contributed by atoms with van der Waals surface area (Å²) >= 11 is 0. The second kappa shape index (κ2) is 8.12. The average molecular weight is 278 g/mol. The van der Waals surface area contributed by atoms with Crippen molar-refractivity contribution < 1.29 is 9.47 Å². The number of benzene rings is 1. The van der Waals surface area contributed by atoms with E-state index in [9.17, 15) is 0 Å². The van der Waals surface area contributed by atoms with Crippen LogP contribution in [-0.4, -0.2) is 46.0 Å². The van der Waals surface area contributed by atoms with Crippen molar-refractivity contribution in [3.8, 4) is 5.75 Å². The first kappa shape index (κ1) is 15.1. The van der Waals surface area contributed by atoms with Gasteiger partial charge >= 0.3 is 0 Å². The Morgan fingerprint density at radius 1 is 1.15 bits per heavy atom. The van der Waals surface area contributed by atoms with Crippen molar-refractivity contribution in [1.82, 2.24) is 5.32 Å². The van der Waals surface area contributed by atoms with Crippen LogP contribution in [0.1, 0.15) is 18.9 Å². The summed E-state index contributed by atoms with van der Waals surface area (Å²) in [5.41, 5.74) is 2.60. The minimum Gasteiger partial charge on any atom is -0.491 e. The number of piperazine rings is 1. The molecule has 0 aromatic heterocycles. The Bertz CT molecular complexity index is 403. The van der Waals surface area contributed by atoms with Crippen LogP contribution < -0.4 is 15.0 Å². The van der Waals surface area contributed by atoms with Gasteiger partial charge in [-0.1, -0.05) is 6.92 Å². The SMILES string of the molecule is CCCOCCOc1ccc(N2CCNCC2)c(C)c1. The lowest BCUT2D eigenvalue weighted by atomic mass is 10.1. The highest BCUT2D eigenvalue weighted by Crippen LogP contribution is 2.25. The summed E-state index contributed by atoms with van der Waals surface area (Å²) in [4.78, 5) is 2.43. The summed E-state index contributed by atoms with van der Waals surface area (Å²) in [7, 11) is 0. The van der Waals surface area contributed by atoms with Gasteiger partial charge in [0, 0.05) is 38.5 Å². The number of anilines is 1. The predicted molar refractivity (Wildman–Crippen MR) is 82.9 cm³/mol. The van der Waals surface area contributed by atoms with E-state index >= 15 is 0 Å². The van der Waals surface area contributed by atoms with E-state index in [1.165, 1.54) is 11.3 Å². The van der Waals surface area contributed by atoms with Gasteiger partial charge in [0.15, 0.2) is 0 Å². The molecule has 112 valence electrons. The van der Waals surface area contributed by atoms with Crippen LogP contribution >= 0.6 is 0 Å². The molecule has 0 radical (unpaired) electrons. The smallest absolute Gasteiger partial charge is 0.119 e. The van der Waals surface area contributed by atoms with Gasteiger partial charge in [-0.3, -0.25) is 0 Å². The van der Waals surface area contributed by atoms with Gasteiger partial charge in [-0.2, -0.15) is 0 Å². The summed E-state index contributed by atoms with van der Waals surface area (Å²) in [5.74, 6) is 0.932. The predicted octanol–water partition coefficient (Wildman–Crippen LogP) is 2.21. The molecule has 1 saturated heterocycles. The number of rotatable bonds is 7. The zero-order valence-electron chi connectivity index (χ0n) is 12.7. The van der Waals surface area contributed by atoms with Crippen molar-refractivity contribution >= 4 is 5.69 Å². The molecule has 1 N–H and O–H groups in total. The minimum absolute atomic E-state index is 0.617. The highest BCUT2D eigenvalue weighted by Gasteiger charge is 2.12. The lowest BCUT2D eigenvalue weighted by molar-refractivity contribution is 0.101. The number of nitrogens with one attached hydrogen (secondary N) is 1. The molecule has 0 bridgehead atoms. The molecule has 1 fully saturated rings. The molecule has 1 aromatic rings. The third-order valence-corrected chi connectivity index (χ3v) is 3.47. The Kier molecular flexibility index (Phi) is 6.15. The van der Waals surface area contributed by atoms with E-state index in [1.807, 2.05) is 0 Å². The van der Waals surface area contributed by atoms with E-state index in [1.54, 1.807) is 0 Å². The Hall–Kier alpha value is -1.26. The lowest BCUT2D eigenvalue weighted by Gasteiger charge is -2.30. The fourth-order valence-corrected chi connectivity index (χ4v) is 2.44. The first-order valence-corrected chi connectivity index (χ1v) is 7.58. The van der Waals surface area contributed by atoms with Crippen molar-refractivity contribution in [2.75, 3.05) is 50.9 Å². The van der Waals surface area contributed by atoms with Gasteiger partial charge < -0.3 is 19.7 Å². The second-order valence-corrected chi connectivity index (χ2v) is 5.15. The van der Waals surface area contributed by atoms with Crippen LogP contribution in [0.15, 0.2) is 18.2 Å². The molecule has 1 heterocycles. The fraction of sp³-hybridized carbons (Fsp3) is 0.625. The second-order valence-electron chi connectivity index (χ2n) is 5.15. The van der Waals surface area contributed by atoms with E-state index in [4.69, 9.17) is 9.47 Å². The van der Waals surface area contributed by atoms with E-state index in [0.717, 1.165) is 45.0 Å². The van der Waals surface area contributed by atoms with E-state index < -0.39 is 0 Å². The maximum absolute atomic E-state index is 5.72. The molecule has 0 atom stereocenters. The molecular weight excluding hydrogens is 252 g/mol. The summed E-state index contributed by atoms with van der Waals surface area (Å²) in [6, 6.07) is 6.35. The van der Waals surface area contributed by atoms with Gasteiger partial charge in [0.1, 0.15) is 12.4 Å². The first-order valence-electron chi connectivity index (χ1n) is 7.58. The van der Waals surface area contributed by atoms with Gasteiger partial charge in [0.2, 0.25) is 0 Å². The largest absolute Gasteiger partial charge is 0.491 e. The quantitative estimate of drug-likeness (QED) is 0.775. The Balaban J connectivity index is 1.85. The molecule has 2 rings (SSSR count). The van der Waals surface area contributed by atoms with Crippen LogP contribution in [0.5, 0.6) is 5.75 Å².